The first-order valence-electron chi connectivity index (χ1n) is 17.4. The van der Waals surface area contributed by atoms with E-state index in [1.807, 2.05) is 20.8 Å². The zero-order valence-electron chi connectivity index (χ0n) is 29.3. The highest BCUT2D eigenvalue weighted by atomic mass is 32.3. The van der Waals surface area contributed by atoms with E-state index in [-0.39, 0.29) is 24.1 Å². The first-order valence-corrected chi connectivity index (χ1v) is 18.8. The highest BCUT2D eigenvalue weighted by Gasteiger charge is 2.31. The molecule has 0 saturated carbocycles. The minimum absolute atomic E-state index is 0.0159. The highest BCUT2D eigenvalue weighted by molar-refractivity contribution is 7.80. The molecule has 2 amide bonds. The summed E-state index contributed by atoms with van der Waals surface area (Å²) in [5.41, 5.74) is 1.65. The van der Waals surface area contributed by atoms with Gasteiger partial charge in [-0.1, -0.05) is 53.4 Å². The van der Waals surface area contributed by atoms with Crippen molar-refractivity contribution in [1.82, 2.24) is 21.0 Å². The van der Waals surface area contributed by atoms with Crippen LogP contribution in [0.2, 0.25) is 0 Å². The molecule has 266 valence electrons. The molecule has 2 atom stereocenters. The third kappa shape index (κ3) is 18.4. The average molecular weight is 664 g/mol. The number of ether oxygens (including phenoxy) is 1. The zero-order chi connectivity index (χ0) is 33.9. The van der Waals surface area contributed by atoms with Gasteiger partial charge >= 0.3 is 6.09 Å². The highest BCUT2D eigenvalue weighted by Crippen LogP contribution is 2.18. The lowest BCUT2D eigenvalue weighted by Gasteiger charge is -2.39. The van der Waals surface area contributed by atoms with Crippen LogP contribution in [0, 0.1) is 0 Å². The van der Waals surface area contributed by atoms with E-state index in [2.05, 4.69) is 48.1 Å². The molecule has 0 unspecified atom stereocenters. The van der Waals surface area contributed by atoms with Crippen molar-refractivity contribution in [1.29, 1.82) is 0 Å². The van der Waals surface area contributed by atoms with E-state index in [1.54, 1.807) is 4.90 Å². The summed E-state index contributed by atoms with van der Waals surface area (Å²) in [6, 6.07) is -0.784. The van der Waals surface area contributed by atoms with Gasteiger partial charge in [-0.05, 0) is 72.1 Å². The van der Waals surface area contributed by atoms with E-state index in [0.717, 1.165) is 0 Å². The van der Waals surface area contributed by atoms with Crippen molar-refractivity contribution in [2.24, 2.45) is 0 Å². The number of hydroxylamine groups is 1. The predicted molar refractivity (Wildman–Crippen MR) is 177 cm³/mol. The number of quaternary nitrogens is 1. The Morgan fingerprint density at radius 2 is 1.33 bits per heavy atom. The summed E-state index contributed by atoms with van der Waals surface area (Å²) in [7, 11) is -4.80. The molecular weight excluding hydrogens is 598 g/mol. The predicted octanol–water partition coefficient (Wildman–Crippen LogP) is 4.61. The molecular formula is C32H65N5O7S. The zero-order valence-corrected chi connectivity index (χ0v) is 30.1. The van der Waals surface area contributed by atoms with Crippen LogP contribution in [0.1, 0.15) is 126 Å². The number of carbonyl (C=O) groups is 2. The van der Waals surface area contributed by atoms with Crippen LogP contribution < -0.4 is 16.1 Å². The number of rotatable bonds is 17. The molecule has 2 aliphatic heterocycles. The molecule has 2 rings (SSSR count). The molecule has 0 aromatic heterocycles. The lowest BCUT2D eigenvalue weighted by molar-refractivity contribution is -0.929. The summed E-state index contributed by atoms with van der Waals surface area (Å²) >= 11 is 0. The number of likely N-dealkylation sites (tertiary alicyclic amines) is 1. The molecule has 0 aromatic rings. The van der Waals surface area contributed by atoms with Gasteiger partial charge in [0.15, 0.2) is 0 Å². The second-order valence-electron chi connectivity index (χ2n) is 13.7. The Kier molecular flexibility index (Phi) is 19.7. The number of nitrogens with one attached hydrogen (secondary N) is 3. The van der Waals surface area contributed by atoms with Crippen molar-refractivity contribution in [2.45, 2.75) is 149 Å². The standard InChI is InChI=1S/C16H30N4O7S.C16H36N/c1-16(2,3)26-15(22)20-8-6-11(7-9-20)18-14(21)13-5-4-12(10-17-13)19-27-28(23,24)25;1-5-9-13-17(14-10-6-2,15-11-7-3)16-12-8-4/h11-13,17,19H,4-10H2,1-3H3,(H,18,21)(H,23,24,25);5-16H2,1-4H3/q;+1/p-1/t12-,13+;/m1./s1. The second-order valence-corrected chi connectivity index (χ2v) is 14.7. The summed E-state index contributed by atoms with van der Waals surface area (Å²) in [4.78, 5) is 26.1. The number of carbonyl (C=O) groups excluding carboxylic acids is 2. The number of hydrogen-bond donors (Lipinski definition) is 3. The molecule has 0 spiro atoms. The van der Waals surface area contributed by atoms with Crippen LogP contribution in [-0.2, 0) is 24.2 Å². The molecule has 2 aliphatic rings. The van der Waals surface area contributed by atoms with Crippen LogP contribution in [0.5, 0.6) is 0 Å². The smallest absolute Gasteiger partial charge is 0.410 e. The molecule has 2 saturated heterocycles. The second kappa shape index (κ2) is 21.4. The Bertz CT molecular complexity index is 891. The van der Waals surface area contributed by atoms with Gasteiger partial charge in [-0.15, -0.1) is 0 Å². The Balaban J connectivity index is 0.000000512. The number of piperidine rings is 2. The molecule has 2 heterocycles. The molecule has 0 aromatic carbocycles. The minimum Gasteiger partial charge on any atom is -0.724 e. The third-order valence-electron chi connectivity index (χ3n) is 8.48. The lowest BCUT2D eigenvalue weighted by Crippen LogP contribution is -2.56. The summed E-state index contributed by atoms with van der Waals surface area (Å²) in [5.74, 6) is -0.133. The van der Waals surface area contributed by atoms with E-state index >= 15 is 0 Å². The van der Waals surface area contributed by atoms with Gasteiger partial charge in [-0.3, -0.25) is 4.79 Å². The maximum atomic E-state index is 12.4. The van der Waals surface area contributed by atoms with Gasteiger partial charge in [0.1, 0.15) is 5.60 Å². The third-order valence-corrected chi connectivity index (χ3v) is 8.79. The van der Waals surface area contributed by atoms with Gasteiger partial charge in [0.05, 0.1) is 32.2 Å². The van der Waals surface area contributed by atoms with E-state index in [9.17, 15) is 22.6 Å². The maximum absolute atomic E-state index is 12.4. The molecule has 0 bridgehead atoms. The Morgan fingerprint density at radius 1 is 0.844 bits per heavy atom. The van der Waals surface area contributed by atoms with E-state index in [1.165, 1.54) is 82.0 Å². The fraction of sp³-hybridized carbons (Fsp3) is 0.938. The van der Waals surface area contributed by atoms with E-state index in [4.69, 9.17) is 4.74 Å². The fourth-order valence-corrected chi connectivity index (χ4v) is 6.04. The van der Waals surface area contributed by atoms with Gasteiger partial charge < -0.3 is 29.3 Å². The van der Waals surface area contributed by atoms with Gasteiger partial charge in [-0.25, -0.2) is 13.2 Å². The van der Waals surface area contributed by atoms with Gasteiger partial charge in [0, 0.05) is 31.7 Å². The average Bonchev–Trinajstić information content (AvgIpc) is 2.99. The van der Waals surface area contributed by atoms with Crippen molar-refractivity contribution in [3.05, 3.63) is 0 Å². The van der Waals surface area contributed by atoms with Crippen molar-refractivity contribution in [3.8, 4) is 0 Å². The molecule has 12 nitrogen and oxygen atoms in total. The molecule has 2 fully saturated rings. The van der Waals surface area contributed by atoms with Gasteiger partial charge in [0.25, 0.3) is 0 Å². The molecule has 0 aliphatic carbocycles. The maximum Gasteiger partial charge on any atom is 0.410 e. The first-order chi connectivity index (χ1) is 21.2. The Morgan fingerprint density at radius 3 is 1.71 bits per heavy atom. The lowest BCUT2D eigenvalue weighted by atomic mass is 9.99. The van der Waals surface area contributed by atoms with Crippen LogP contribution >= 0.6 is 0 Å². The van der Waals surface area contributed by atoms with Crippen LogP contribution in [0.25, 0.3) is 0 Å². The van der Waals surface area contributed by atoms with Crippen LogP contribution in [0.4, 0.5) is 4.79 Å². The van der Waals surface area contributed by atoms with E-state index in [0.29, 0.717) is 45.3 Å². The van der Waals surface area contributed by atoms with Gasteiger partial charge in [0.2, 0.25) is 16.3 Å². The van der Waals surface area contributed by atoms with Crippen molar-refractivity contribution >= 4 is 22.4 Å². The summed E-state index contributed by atoms with van der Waals surface area (Å²) in [6.07, 6.45) is 13.0. The van der Waals surface area contributed by atoms with E-state index < -0.39 is 22.0 Å². The topological polar surface area (TPSA) is 149 Å². The quantitative estimate of drug-likeness (QED) is 0.0878. The Labute approximate surface area is 274 Å². The molecule has 13 heteroatoms. The SMILES string of the molecule is CC(C)(C)OC(=O)N1CCC(NC(=O)[C@@H]2CC[C@@H](NOS(=O)(=O)[O-])CN2)CC1.CCCC[N+](CCCC)(CCCC)CCCC. The normalized spacial score (nSPS) is 19.9. The largest absolute Gasteiger partial charge is 0.724 e. The van der Waals surface area contributed by atoms with Crippen molar-refractivity contribution in [3.63, 3.8) is 0 Å². The number of nitrogens with zero attached hydrogens (tertiary/aromatic N) is 2. The number of hydrogen-bond acceptors (Lipinski definition) is 9. The molecule has 3 N–H and O–H groups in total. The van der Waals surface area contributed by atoms with Crippen molar-refractivity contribution < 1.29 is 36.1 Å². The van der Waals surface area contributed by atoms with Crippen LogP contribution in [-0.4, -0.2) is 104 Å². The Hall–Kier alpha value is -1.51. The monoisotopic (exact) mass is 663 g/mol. The first kappa shape index (κ1) is 41.5. The molecule has 0 radical (unpaired) electrons. The summed E-state index contributed by atoms with van der Waals surface area (Å²) < 4.78 is 42.1. The van der Waals surface area contributed by atoms with Crippen molar-refractivity contribution in [2.75, 3.05) is 45.8 Å². The minimum atomic E-state index is -4.80. The molecule has 45 heavy (non-hydrogen) atoms. The summed E-state index contributed by atoms with van der Waals surface area (Å²) in [5, 5.41) is 6.00. The van der Waals surface area contributed by atoms with Crippen LogP contribution in [0.3, 0.4) is 0 Å². The summed E-state index contributed by atoms with van der Waals surface area (Å²) in [6.45, 7) is 21.8. The number of unbranched alkanes of at least 4 members (excludes halogenated alkanes) is 4. The van der Waals surface area contributed by atoms with Gasteiger partial charge in [-0.2, -0.15) is 9.76 Å². The van der Waals surface area contributed by atoms with Crippen LogP contribution in [0.15, 0.2) is 0 Å². The fourth-order valence-electron chi connectivity index (χ4n) is 5.79. The number of amides is 2.